The summed E-state index contributed by atoms with van der Waals surface area (Å²) in [5, 5.41) is 10.5. The summed E-state index contributed by atoms with van der Waals surface area (Å²) in [6, 6.07) is 13.2. The highest BCUT2D eigenvalue weighted by Gasteiger charge is 2.17. The quantitative estimate of drug-likeness (QED) is 0.759. The Bertz CT molecular complexity index is 828. The van der Waals surface area contributed by atoms with Gasteiger partial charge in [-0.05, 0) is 11.6 Å². The lowest BCUT2D eigenvalue weighted by Gasteiger charge is -2.07. The molecule has 1 amide bonds. The van der Waals surface area contributed by atoms with Gasteiger partial charge < -0.3 is 14.8 Å². The Morgan fingerprint density at radius 1 is 1.13 bits per heavy atom. The first kappa shape index (κ1) is 14.9. The Hall–Kier alpha value is -3.02. The van der Waals surface area contributed by atoms with E-state index in [9.17, 15) is 4.79 Å². The standard InChI is InChI=1S/C17H17N3O3/c1-22-14-8-12-13(9-15(14)23-2)19-20-16(12)17(21)18-10-11-6-4-3-5-7-11/h3-9H,10H2,1-2H3,(H,18,21)(H,19,20). The molecular weight excluding hydrogens is 294 g/mol. The molecule has 23 heavy (non-hydrogen) atoms. The second-order valence-corrected chi connectivity index (χ2v) is 4.99. The zero-order valence-corrected chi connectivity index (χ0v) is 12.9. The largest absolute Gasteiger partial charge is 0.493 e. The van der Waals surface area contributed by atoms with Gasteiger partial charge in [-0.3, -0.25) is 9.89 Å². The molecule has 0 fully saturated rings. The molecule has 3 rings (SSSR count). The van der Waals surface area contributed by atoms with Gasteiger partial charge >= 0.3 is 0 Å². The number of hydrogen-bond acceptors (Lipinski definition) is 4. The lowest BCUT2D eigenvalue weighted by Crippen LogP contribution is -2.23. The fraction of sp³-hybridized carbons (Fsp3) is 0.176. The third-order valence-electron chi connectivity index (χ3n) is 3.58. The number of fused-ring (bicyclic) bond motifs is 1. The molecule has 1 heterocycles. The fourth-order valence-corrected chi connectivity index (χ4v) is 2.38. The van der Waals surface area contributed by atoms with Crippen LogP contribution in [0.2, 0.25) is 0 Å². The van der Waals surface area contributed by atoms with Gasteiger partial charge in [-0.15, -0.1) is 0 Å². The number of hydrogen-bond donors (Lipinski definition) is 2. The first-order valence-electron chi connectivity index (χ1n) is 7.15. The van der Waals surface area contributed by atoms with Crippen molar-refractivity contribution in [2.45, 2.75) is 6.54 Å². The summed E-state index contributed by atoms with van der Waals surface area (Å²) in [5.74, 6) is 0.894. The molecule has 2 N–H and O–H groups in total. The molecule has 0 saturated carbocycles. The van der Waals surface area contributed by atoms with Gasteiger partial charge in [0.1, 0.15) is 0 Å². The molecule has 6 heteroatoms. The van der Waals surface area contributed by atoms with E-state index in [0.717, 1.165) is 5.56 Å². The summed E-state index contributed by atoms with van der Waals surface area (Å²) >= 11 is 0. The molecule has 118 valence electrons. The van der Waals surface area contributed by atoms with Crippen molar-refractivity contribution in [1.82, 2.24) is 15.5 Å². The van der Waals surface area contributed by atoms with E-state index in [4.69, 9.17) is 9.47 Å². The summed E-state index contributed by atoms with van der Waals surface area (Å²) in [6.07, 6.45) is 0. The molecule has 0 saturated heterocycles. The first-order chi connectivity index (χ1) is 11.2. The van der Waals surface area contributed by atoms with Gasteiger partial charge in [0, 0.05) is 18.0 Å². The second-order valence-electron chi connectivity index (χ2n) is 4.99. The van der Waals surface area contributed by atoms with Crippen molar-refractivity contribution >= 4 is 16.8 Å². The maximum Gasteiger partial charge on any atom is 0.272 e. The highest BCUT2D eigenvalue weighted by atomic mass is 16.5. The minimum atomic E-state index is -0.243. The smallest absolute Gasteiger partial charge is 0.272 e. The maximum absolute atomic E-state index is 12.4. The number of aromatic amines is 1. The Morgan fingerprint density at radius 2 is 1.83 bits per heavy atom. The molecule has 0 aliphatic heterocycles. The van der Waals surface area contributed by atoms with Crippen LogP contribution in [-0.2, 0) is 6.54 Å². The van der Waals surface area contributed by atoms with Crippen molar-refractivity contribution in [2.24, 2.45) is 0 Å². The van der Waals surface area contributed by atoms with Crippen molar-refractivity contribution in [3.8, 4) is 11.5 Å². The highest BCUT2D eigenvalue weighted by molar-refractivity contribution is 6.05. The molecule has 6 nitrogen and oxygen atoms in total. The molecular formula is C17H17N3O3. The average molecular weight is 311 g/mol. The van der Waals surface area contributed by atoms with Crippen LogP contribution in [0.15, 0.2) is 42.5 Å². The molecule has 3 aromatic rings. The van der Waals surface area contributed by atoms with Crippen LogP contribution in [0.3, 0.4) is 0 Å². The number of amides is 1. The van der Waals surface area contributed by atoms with Gasteiger partial charge in [0.25, 0.3) is 5.91 Å². The van der Waals surface area contributed by atoms with E-state index in [-0.39, 0.29) is 5.91 Å². The molecule has 0 unspecified atom stereocenters. The molecule has 0 atom stereocenters. The number of aromatic nitrogens is 2. The predicted molar refractivity (Wildman–Crippen MR) is 86.8 cm³/mol. The number of nitrogens with zero attached hydrogens (tertiary/aromatic N) is 1. The van der Waals surface area contributed by atoms with Crippen LogP contribution in [0.4, 0.5) is 0 Å². The SMILES string of the molecule is COc1cc2[nH]nc(C(=O)NCc3ccccc3)c2cc1OC. The minimum absolute atomic E-state index is 0.243. The number of carbonyl (C=O) groups is 1. The molecule has 2 aromatic carbocycles. The average Bonchev–Trinajstić information content (AvgIpc) is 3.02. The number of H-pyrrole nitrogens is 1. The van der Waals surface area contributed by atoms with Crippen molar-refractivity contribution < 1.29 is 14.3 Å². The number of ether oxygens (including phenoxy) is 2. The summed E-state index contributed by atoms with van der Waals surface area (Å²) in [7, 11) is 3.12. The van der Waals surface area contributed by atoms with Crippen LogP contribution in [-0.4, -0.2) is 30.3 Å². The summed E-state index contributed by atoms with van der Waals surface area (Å²) < 4.78 is 10.5. The Kier molecular flexibility index (Phi) is 4.14. The van der Waals surface area contributed by atoms with Gasteiger partial charge in [-0.1, -0.05) is 30.3 Å². The van der Waals surface area contributed by atoms with Crippen LogP contribution in [0.5, 0.6) is 11.5 Å². The minimum Gasteiger partial charge on any atom is -0.493 e. The van der Waals surface area contributed by atoms with E-state index < -0.39 is 0 Å². The molecule has 0 aliphatic carbocycles. The lowest BCUT2D eigenvalue weighted by molar-refractivity contribution is 0.0947. The van der Waals surface area contributed by atoms with Crippen molar-refractivity contribution in [2.75, 3.05) is 14.2 Å². The zero-order chi connectivity index (χ0) is 16.2. The Morgan fingerprint density at radius 3 is 2.52 bits per heavy atom. The van der Waals surface area contributed by atoms with Crippen LogP contribution in [0, 0.1) is 0 Å². The summed E-state index contributed by atoms with van der Waals surface area (Å²) in [4.78, 5) is 12.4. The first-order valence-corrected chi connectivity index (χ1v) is 7.15. The van der Waals surface area contributed by atoms with Crippen LogP contribution in [0.1, 0.15) is 16.1 Å². The van der Waals surface area contributed by atoms with Gasteiger partial charge in [-0.25, -0.2) is 0 Å². The van der Waals surface area contributed by atoms with Crippen LogP contribution < -0.4 is 14.8 Å². The number of methoxy groups -OCH3 is 2. The third-order valence-corrected chi connectivity index (χ3v) is 3.58. The van der Waals surface area contributed by atoms with Crippen LogP contribution >= 0.6 is 0 Å². The third kappa shape index (κ3) is 2.96. The second kappa shape index (κ2) is 6.39. The van der Waals surface area contributed by atoms with Crippen LogP contribution in [0.25, 0.3) is 10.9 Å². The van der Waals surface area contributed by atoms with Crippen molar-refractivity contribution in [3.05, 3.63) is 53.7 Å². The molecule has 0 aliphatic rings. The monoisotopic (exact) mass is 311 g/mol. The topological polar surface area (TPSA) is 76.2 Å². The molecule has 0 radical (unpaired) electrons. The van der Waals surface area contributed by atoms with Gasteiger partial charge in [-0.2, -0.15) is 5.10 Å². The fourth-order valence-electron chi connectivity index (χ4n) is 2.38. The zero-order valence-electron chi connectivity index (χ0n) is 12.9. The van der Waals surface area contributed by atoms with E-state index in [1.165, 1.54) is 0 Å². The summed E-state index contributed by atoms with van der Waals surface area (Å²) in [6.45, 7) is 0.446. The van der Waals surface area contributed by atoms with Gasteiger partial charge in [0.15, 0.2) is 17.2 Å². The van der Waals surface area contributed by atoms with Gasteiger partial charge in [0.2, 0.25) is 0 Å². The lowest BCUT2D eigenvalue weighted by atomic mass is 10.1. The van der Waals surface area contributed by atoms with E-state index in [0.29, 0.717) is 34.6 Å². The van der Waals surface area contributed by atoms with E-state index in [2.05, 4.69) is 15.5 Å². The molecule has 0 spiro atoms. The molecule has 1 aromatic heterocycles. The normalized spacial score (nSPS) is 10.5. The highest BCUT2D eigenvalue weighted by Crippen LogP contribution is 2.32. The Balaban J connectivity index is 1.86. The summed E-state index contributed by atoms with van der Waals surface area (Å²) in [5.41, 5.74) is 2.07. The van der Waals surface area contributed by atoms with E-state index >= 15 is 0 Å². The molecule has 0 bridgehead atoms. The Labute approximate surface area is 133 Å². The number of carbonyl (C=O) groups excluding carboxylic acids is 1. The number of benzene rings is 2. The predicted octanol–water partition coefficient (Wildman–Crippen LogP) is 2.51. The van der Waals surface area contributed by atoms with Crippen molar-refractivity contribution in [1.29, 1.82) is 0 Å². The maximum atomic E-state index is 12.4. The van der Waals surface area contributed by atoms with E-state index in [1.54, 1.807) is 26.4 Å². The van der Waals surface area contributed by atoms with Gasteiger partial charge in [0.05, 0.1) is 19.7 Å². The van der Waals surface area contributed by atoms with E-state index in [1.807, 2.05) is 30.3 Å². The van der Waals surface area contributed by atoms with Crippen molar-refractivity contribution in [3.63, 3.8) is 0 Å². The number of nitrogens with one attached hydrogen (secondary N) is 2. The number of rotatable bonds is 5.